The summed E-state index contributed by atoms with van der Waals surface area (Å²) in [5.74, 6) is 0.170. The van der Waals surface area contributed by atoms with Crippen LogP contribution in [0.1, 0.15) is 55.0 Å². The number of benzene rings is 2. The summed E-state index contributed by atoms with van der Waals surface area (Å²) in [6.45, 7) is 0.497. The molecule has 1 aliphatic rings. The average Bonchev–Trinajstić information content (AvgIpc) is 2.98. The molecule has 0 bridgehead atoms. The maximum absolute atomic E-state index is 13.3. The normalized spacial score (nSPS) is 15.0. The van der Waals surface area contributed by atoms with Crippen molar-refractivity contribution in [1.82, 2.24) is 9.13 Å². The molecule has 0 unspecified atom stereocenters. The van der Waals surface area contributed by atoms with Gasteiger partial charge in [-0.2, -0.15) is 0 Å². The molecule has 1 heterocycles. The van der Waals surface area contributed by atoms with E-state index in [-0.39, 0.29) is 17.6 Å². The minimum absolute atomic E-state index is 0.0729. The van der Waals surface area contributed by atoms with E-state index < -0.39 is 0 Å². The molecule has 28 heavy (non-hydrogen) atoms. The number of rotatable bonds is 6. The zero-order valence-electron chi connectivity index (χ0n) is 16.3. The van der Waals surface area contributed by atoms with Gasteiger partial charge in [0.15, 0.2) is 0 Å². The van der Waals surface area contributed by atoms with Crippen LogP contribution in [0.25, 0.3) is 0 Å². The molecular weight excluding hydrogens is 348 g/mol. The van der Waals surface area contributed by atoms with Crippen molar-refractivity contribution in [2.75, 3.05) is 0 Å². The molecule has 2 aromatic carbocycles. The van der Waals surface area contributed by atoms with E-state index in [2.05, 4.69) is 12.1 Å². The summed E-state index contributed by atoms with van der Waals surface area (Å²) in [5.41, 5.74) is 2.97. The predicted octanol–water partition coefficient (Wildman–Crippen LogP) is 4.69. The van der Waals surface area contributed by atoms with E-state index in [1.54, 1.807) is 9.13 Å². The molecule has 1 aromatic heterocycles. The van der Waals surface area contributed by atoms with Gasteiger partial charge in [0.05, 0.1) is 12.2 Å². The number of hydrogen-bond donors (Lipinski definition) is 1. The van der Waals surface area contributed by atoms with Crippen LogP contribution in [0.15, 0.2) is 65.5 Å². The van der Waals surface area contributed by atoms with Crippen LogP contribution in [0.4, 0.5) is 0 Å². The molecule has 1 aliphatic carbocycles. The van der Waals surface area contributed by atoms with E-state index in [4.69, 9.17) is 0 Å². The van der Waals surface area contributed by atoms with Gasteiger partial charge in [0.1, 0.15) is 0 Å². The largest absolute Gasteiger partial charge is 0.493 e. The van der Waals surface area contributed by atoms with E-state index in [0.29, 0.717) is 13.0 Å². The van der Waals surface area contributed by atoms with Gasteiger partial charge >= 0.3 is 5.69 Å². The summed E-state index contributed by atoms with van der Waals surface area (Å²) in [5, 5.41) is 11.0. The Kier molecular flexibility index (Phi) is 5.65. The first kappa shape index (κ1) is 18.6. The van der Waals surface area contributed by atoms with Crippen molar-refractivity contribution < 1.29 is 5.11 Å². The van der Waals surface area contributed by atoms with Gasteiger partial charge in [-0.25, -0.2) is 4.79 Å². The molecule has 1 saturated carbocycles. The molecule has 0 spiro atoms. The zero-order chi connectivity index (χ0) is 19.3. The number of imidazole rings is 1. The summed E-state index contributed by atoms with van der Waals surface area (Å²) in [6.07, 6.45) is 6.87. The monoisotopic (exact) mass is 376 g/mol. The van der Waals surface area contributed by atoms with Crippen LogP contribution in [0.2, 0.25) is 0 Å². The van der Waals surface area contributed by atoms with E-state index in [1.807, 2.05) is 48.5 Å². The molecule has 0 aliphatic heterocycles. The molecule has 1 fully saturated rings. The summed E-state index contributed by atoms with van der Waals surface area (Å²) >= 11 is 0. The number of aromatic hydroxyl groups is 1. The molecular formula is C24H28N2O2. The predicted molar refractivity (Wildman–Crippen MR) is 112 cm³/mol. The summed E-state index contributed by atoms with van der Waals surface area (Å²) in [7, 11) is 0. The average molecular weight is 377 g/mol. The van der Waals surface area contributed by atoms with E-state index in [9.17, 15) is 9.90 Å². The van der Waals surface area contributed by atoms with Crippen LogP contribution < -0.4 is 5.69 Å². The fourth-order valence-corrected chi connectivity index (χ4v) is 4.35. The highest BCUT2D eigenvalue weighted by Crippen LogP contribution is 2.32. The van der Waals surface area contributed by atoms with Crippen molar-refractivity contribution in [2.24, 2.45) is 0 Å². The highest BCUT2D eigenvalue weighted by molar-refractivity contribution is 5.26. The molecule has 4 nitrogen and oxygen atoms in total. The zero-order valence-corrected chi connectivity index (χ0v) is 16.3. The van der Waals surface area contributed by atoms with Crippen molar-refractivity contribution >= 4 is 0 Å². The number of hydrogen-bond acceptors (Lipinski definition) is 2. The van der Waals surface area contributed by atoms with E-state index in [1.165, 1.54) is 12.0 Å². The summed E-state index contributed by atoms with van der Waals surface area (Å²) in [6, 6.07) is 20.4. The van der Waals surface area contributed by atoms with Gasteiger partial charge in [-0.05, 0) is 36.8 Å². The van der Waals surface area contributed by atoms with Crippen LogP contribution in [0.3, 0.4) is 0 Å². The second kappa shape index (κ2) is 8.51. The third-order valence-electron chi connectivity index (χ3n) is 5.87. The molecule has 1 N–H and O–H groups in total. The van der Waals surface area contributed by atoms with Crippen LogP contribution in [0.5, 0.6) is 5.88 Å². The molecule has 3 aromatic rings. The summed E-state index contributed by atoms with van der Waals surface area (Å²) < 4.78 is 3.45. The number of aromatic nitrogens is 2. The third kappa shape index (κ3) is 3.91. The van der Waals surface area contributed by atoms with Crippen LogP contribution in [-0.2, 0) is 19.4 Å². The maximum atomic E-state index is 13.3. The van der Waals surface area contributed by atoms with Crippen molar-refractivity contribution in [2.45, 2.75) is 57.5 Å². The van der Waals surface area contributed by atoms with Crippen molar-refractivity contribution in [3.63, 3.8) is 0 Å². The van der Waals surface area contributed by atoms with E-state index in [0.717, 1.165) is 43.4 Å². The molecule has 0 saturated heterocycles. The van der Waals surface area contributed by atoms with Gasteiger partial charge in [-0.1, -0.05) is 79.9 Å². The molecule has 0 amide bonds. The van der Waals surface area contributed by atoms with Gasteiger partial charge in [-0.15, -0.1) is 0 Å². The smallest absolute Gasteiger partial charge is 0.331 e. The lowest BCUT2D eigenvalue weighted by atomic mass is 9.95. The Balaban J connectivity index is 1.69. The van der Waals surface area contributed by atoms with Crippen LogP contribution >= 0.6 is 0 Å². The minimum atomic E-state index is -0.0729. The Hall–Kier alpha value is -2.75. The Morgan fingerprint density at radius 1 is 0.821 bits per heavy atom. The van der Waals surface area contributed by atoms with Gasteiger partial charge in [0, 0.05) is 6.04 Å². The minimum Gasteiger partial charge on any atom is -0.493 e. The number of nitrogens with zero attached hydrogens (tertiary/aromatic N) is 2. The maximum Gasteiger partial charge on any atom is 0.331 e. The van der Waals surface area contributed by atoms with Gasteiger partial charge < -0.3 is 5.11 Å². The van der Waals surface area contributed by atoms with Gasteiger partial charge in [0.25, 0.3) is 0 Å². The Morgan fingerprint density at radius 2 is 1.43 bits per heavy atom. The van der Waals surface area contributed by atoms with Crippen molar-refractivity contribution in [3.05, 3.63) is 88.0 Å². The molecule has 0 radical (unpaired) electrons. The fraction of sp³-hybridized carbons (Fsp3) is 0.375. The van der Waals surface area contributed by atoms with Gasteiger partial charge in [-0.3, -0.25) is 9.13 Å². The van der Waals surface area contributed by atoms with Crippen molar-refractivity contribution in [3.8, 4) is 5.88 Å². The Bertz CT molecular complexity index is 952. The lowest BCUT2D eigenvalue weighted by Crippen LogP contribution is -2.29. The molecule has 146 valence electrons. The first-order valence-corrected chi connectivity index (χ1v) is 10.3. The van der Waals surface area contributed by atoms with Crippen molar-refractivity contribution in [1.29, 1.82) is 0 Å². The van der Waals surface area contributed by atoms with E-state index >= 15 is 0 Å². The first-order chi connectivity index (χ1) is 13.7. The number of aryl methyl sites for hydroxylation is 1. The standard InChI is InChI=1S/C24H28N2O2/c27-23-22(17-16-19-10-4-1-5-11-19)25(18-20-12-6-2-7-13-20)24(28)26(23)21-14-8-3-9-15-21/h1-2,4-7,10-13,21,27H,3,8-9,14-18H2. The SMILES string of the molecule is O=c1n(Cc2ccccc2)c(CCc2ccccc2)c(O)n1C1CCCCC1. The second-order valence-corrected chi connectivity index (χ2v) is 7.77. The Morgan fingerprint density at radius 3 is 2.07 bits per heavy atom. The fourth-order valence-electron chi connectivity index (χ4n) is 4.35. The third-order valence-corrected chi connectivity index (χ3v) is 5.87. The second-order valence-electron chi connectivity index (χ2n) is 7.77. The topological polar surface area (TPSA) is 47.2 Å². The van der Waals surface area contributed by atoms with Crippen LogP contribution in [-0.4, -0.2) is 14.2 Å². The highest BCUT2D eigenvalue weighted by Gasteiger charge is 2.26. The summed E-state index contributed by atoms with van der Waals surface area (Å²) in [4.78, 5) is 13.3. The van der Waals surface area contributed by atoms with Gasteiger partial charge in [0.2, 0.25) is 5.88 Å². The Labute approximate surface area is 166 Å². The molecule has 0 atom stereocenters. The quantitative estimate of drug-likeness (QED) is 0.678. The molecule has 4 heteroatoms. The molecule has 4 rings (SSSR count). The van der Waals surface area contributed by atoms with Crippen LogP contribution in [0, 0.1) is 0 Å². The highest BCUT2D eigenvalue weighted by atomic mass is 16.3. The lowest BCUT2D eigenvalue weighted by molar-refractivity contribution is 0.306. The first-order valence-electron chi connectivity index (χ1n) is 10.3. The lowest BCUT2D eigenvalue weighted by Gasteiger charge is -2.22.